The van der Waals surface area contributed by atoms with Gasteiger partial charge in [-0.3, -0.25) is 23.9 Å². The highest BCUT2D eigenvalue weighted by Gasteiger charge is 2.30. The summed E-state index contributed by atoms with van der Waals surface area (Å²) >= 11 is 1.25. The first-order valence-electron chi connectivity index (χ1n) is 10.9. The van der Waals surface area contributed by atoms with Crippen LogP contribution in [0, 0.1) is 11.8 Å². The fourth-order valence-electron chi connectivity index (χ4n) is 3.31. The van der Waals surface area contributed by atoms with Crippen molar-refractivity contribution in [3.63, 3.8) is 0 Å². The molecule has 2 heterocycles. The molecule has 0 aromatic carbocycles. The van der Waals surface area contributed by atoms with Crippen molar-refractivity contribution in [2.75, 3.05) is 22.5 Å². The van der Waals surface area contributed by atoms with Crippen molar-refractivity contribution in [3.8, 4) is 0 Å². The number of aromatic nitrogens is 3. The van der Waals surface area contributed by atoms with Gasteiger partial charge in [0.05, 0.1) is 12.1 Å². The zero-order chi connectivity index (χ0) is 23.4. The van der Waals surface area contributed by atoms with Crippen molar-refractivity contribution in [2.45, 2.75) is 59.4 Å². The Balaban J connectivity index is 1.86. The van der Waals surface area contributed by atoms with Crippen molar-refractivity contribution in [2.24, 2.45) is 11.8 Å². The lowest BCUT2D eigenvalue weighted by Gasteiger charge is -2.26. The van der Waals surface area contributed by atoms with Gasteiger partial charge in [0.2, 0.25) is 11.8 Å². The molecule has 3 rings (SSSR count). The van der Waals surface area contributed by atoms with E-state index in [0.29, 0.717) is 23.8 Å². The Kier molecular flexibility index (Phi) is 7.49. The third-order valence-electron chi connectivity index (χ3n) is 5.13. The first-order chi connectivity index (χ1) is 15.2. The number of unbranched alkanes of at least 4 members (excludes halogenated alkanes) is 1. The highest BCUT2D eigenvalue weighted by Crippen LogP contribution is 2.30. The van der Waals surface area contributed by atoms with Crippen LogP contribution in [0.1, 0.15) is 52.1 Å². The van der Waals surface area contributed by atoms with Gasteiger partial charge in [-0.25, -0.2) is 9.78 Å². The Morgan fingerprint density at radius 3 is 2.72 bits per heavy atom. The number of hydrogen-bond donors (Lipinski definition) is 3. The van der Waals surface area contributed by atoms with Gasteiger partial charge in [-0.15, -0.1) is 11.3 Å². The quantitative estimate of drug-likeness (QED) is 0.492. The van der Waals surface area contributed by atoms with Gasteiger partial charge in [-0.2, -0.15) is 0 Å². The van der Waals surface area contributed by atoms with Crippen LogP contribution in [-0.4, -0.2) is 32.9 Å². The predicted molar refractivity (Wildman–Crippen MR) is 125 cm³/mol. The second kappa shape index (κ2) is 10.1. The number of thiazole rings is 1. The molecule has 11 heteroatoms. The van der Waals surface area contributed by atoms with Crippen molar-refractivity contribution >= 4 is 39.8 Å². The Labute approximate surface area is 189 Å². The third-order valence-corrected chi connectivity index (χ3v) is 5.94. The van der Waals surface area contributed by atoms with Crippen LogP contribution in [0.5, 0.6) is 0 Å². The zero-order valence-corrected chi connectivity index (χ0v) is 19.5. The van der Waals surface area contributed by atoms with E-state index >= 15 is 0 Å². The largest absolute Gasteiger partial charge is 0.383 e. The minimum absolute atomic E-state index is 0.0168. The van der Waals surface area contributed by atoms with E-state index in [-0.39, 0.29) is 48.1 Å². The lowest BCUT2D eigenvalue weighted by atomic mass is 10.1. The van der Waals surface area contributed by atoms with Gasteiger partial charge in [0.15, 0.2) is 10.8 Å². The molecule has 0 spiro atoms. The SMILES string of the molecule is CCCCn1c(N)c(N(CC(C)C)C(=O)Cc2csc(NC(=O)C3CC3)n2)c(=O)[nH]c1=O. The summed E-state index contributed by atoms with van der Waals surface area (Å²) in [6.45, 7) is 6.44. The van der Waals surface area contributed by atoms with Crippen LogP contribution in [-0.2, 0) is 22.6 Å². The summed E-state index contributed by atoms with van der Waals surface area (Å²) in [6.07, 6.45) is 3.28. The third kappa shape index (κ3) is 5.64. The summed E-state index contributed by atoms with van der Waals surface area (Å²) in [5.74, 6) is -0.313. The van der Waals surface area contributed by atoms with E-state index < -0.39 is 11.2 Å². The summed E-state index contributed by atoms with van der Waals surface area (Å²) in [4.78, 5) is 58.0. The van der Waals surface area contributed by atoms with E-state index in [2.05, 4.69) is 15.3 Å². The average Bonchev–Trinajstić information content (AvgIpc) is 3.48. The van der Waals surface area contributed by atoms with Crippen molar-refractivity contribution in [1.29, 1.82) is 0 Å². The fraction of sp³-hybridized carbons (Fsp3) is 0.571. The van der Waals surface area contributed by atoms with Crippen LogP contribution in [0.4, 0.5) is 16.6 Å². The molecule has 0 radical (unpaired) electrons. The molecule has 1 aliphatic carbocycles. The normalized spacial score (nSPS) is 13.4. The Hall–Kier alpha value is -2.95. The van der Waals surface area contributed by atoms with Crippen molar-refractivity contribution < 1.29 is 9.59 Å². The number of nitrogens with one attached hydrogen (secondary N) is 2. The van der Waals surface area contributed by atoms with Gasteiger partial charge >= 0.3 is 5.69 Å². The van der Waals surface area contributed by atoms with Crippen LogP contribution < -0.4 is 27.2 Å². The maximum atomic E-state index is 13.2. The number of anilines is 3. The van der Waals surface area contributed by atoms with Gasteiger partial charge in [-0.1, -0.05) is 27.2 Å². The first kappa shape index (κ1) is 23.7. The summed E-state index contributed by atoms with van der Waals surface area (Å²) < 4.78 is 1.30. The number of nitrogen functional groups attached to an aromatic ring is 1. The number of hydrogen-bond acceptors (Lipinski definition) is 7. The monoisotopic (exact) mass is 462 g/mol. The maximum absolute atomic E-state index is 13.2. The molecule has 0 saturated heterocycles. The molecule has 0 bridgehead atoms. The molecule has 1 saturated carbocycles. The zero-order valence-electron chi connectivity index (χ0n) is 18.6. The molecule has 2 amide bonds. The molecule has 0 atom stereocenters. The number of carbonyl (C=O) groups is 2. The number of H-pyrrole nitrogens is 1. The fourth-order valence-corrected chi connectivity index (χ4v) is 4.02. The Morgan fingerprint density at radius 1 is 1.38 bits per heavy atom. The molecule has 2 aromatic heterocycles. The summed E-state index contributed by atoms with van der Waals surface area (Å²) in [5, 5.41) is 4.93. The highest BCUT2D eigenvalue weighted by atomic mass is 32.1. The molecule has 10 nitrogen and oxygen atoms in total. The van der Waals surface area contributed by atoms with Gasteiger partial charge in [0.25, 0.3) is 5.56 Å². The first-order valence-corrected chi connectivity index (χ1v) is 11.8. The molecular weight excluding hydrogens is 432 g/mol. The number of nitrogens with zero attached hydrogens (tertiary/aromatic N) is 3. The minimum Gasteiger partial charge on any atom is -0.383 e. The summed E-state index contributed by atoms with van der Waals surface area (Å²) in [6, 6.07) is 0. The highest BCUT2D eigenvalue weighted by molar-refractivity contribution is 7.13. The Morgan fingerprint density at radius 2 is 2.09 bits per heavy atom. The van der Waals surface area contributed by atoms with Crippen LogP contribution in [0.3, 0.4) is 0 Å². The number of rotatable bonds is 10. The van der Waals surface area contributed by atoms with Crippen LogP contribution >= 0.6 is 11.3 Å². The maximum Gasteiger partial charge on any atom is 0.330 e. The van der Waals surface area contributed by atoms with Crippen molar-refractivity contribution in [1.82, 2.24) is 14.5 Å². The molecule has 1 fully saturated rings. The van der Waals surface area contributed by atoms with E-state index in [1.165, 1.54) is 20.8 Å². The minimum atomic E-state index is -0.690. The molecule has 1 aliphatic rings. The molecular formula is C21H30N6O4S. The molecule has 32 heavy (non-hydrogen) atoms. The van der Waals surface area contributed by atoms with Gasteiger partial charge in [0.1, 0.15) is 5.82 Å². The smallest absolute Gasteiger partial charge is 0.330 e. The van der Waals surface area contributed by atoms with Gasteiger partial charge in [0, 0.05) is 24.4 Å². The lowest BCUT2D eigenvalue weighted by molar-refractivity contribution is -0.118. The predicted octanol–water partition coefficient (Wildman–Crippen LogP) is 1.96. The van der Waals surface area contributed by atoms with E-state index in [1.54, 1.807) is 5.38 Å². The van der Waals surface area contributed by atoms with Crippen molar-refractivity contribution in [3.05, 3.63) is 31.9 Å². The van der Waals surface area contributed by atoms with Crippen LogP contribution in [0.2, 0.25) is 0 Å². The number of aromatic amines is 1. The number of nitrogens with two attached hydrogens (primary N) is 1. The molecule has 0 unspecified atom stereocenters. The van der Waals surface area contributed by atoms with E-state index in [1.807, 2.05) is 20.8 Å². The molecule has 2 aromatic rings. The summed E-state index contributed by atoms with van der Waals surface area (Å²) in [7, 11) is 0. The topological polar surface area (TPSA) is 143 Å². The van der Waals surface area contributed by atoms with Gasteiger partial charge < -0.3 is 16.0 Å². The number of carbonyl (C=O) groups excluding carboxylic acids is 2. The standard InChI is InChI=1S/C21H30N6O4S/c1-4-5-8-26-17(22)16(19(30)25-21(26)31)27(10-12(2)3)15(28)9-14-11-32-20(23-14)24-18(29)13-6-7-13/h11-13H,4-10,22H2,1-3H3,(H,23,24,29)(H,25,30,31). The summed E-state index contributed by atoms with van der Waals surface area (Å²) in [5.41, 5.74) is 5.42. The lowest BCUT2D eigenvalue weighted by Crippen LogP contribution is -2.43. The molecule has 4 N–H and O–H groups in total. The average molecular weight is 463 g/mol. The molecule has 0 aliphatic heterocycles. The van der Waals surface area contributed by atoms with Crippen LogP contribution in [0.15, 0.2) is 15.0 Å². The van der Waals surface area contributed by atoms with Crippen LogP contribution in [0.25, 0.3) is 0 Å². The Bertz CT molecular complexity index is 1100. The van der Waals surface area contributed by atoms with E-state index in [4.69, 9.17) is 5.73 Å². The second-order valence-corrected chi connectivity index (χ2v) is 9.34. The van der Waals surface area contributed by atoms with Gasteiger partial charge in [-0.05, 0) is 25.2 Å². The van der Waals surface area contributed by atoms with E-state index in [9.17, 15) is 19.2 Å². The molecule has 174 valence electrons. The van der Waals surface area contributed by atoms with E-state index in [0.717, 1.165) is 19.3 Å². The second-order valence-electron chi connectivity index (χ2n) is 8.48. The number of amides is 2.